The van der Waals surface area contributed by atoms with Crippen molar-refractivity contribution in [3.8, 4) is 11.3 Å². The van der Waals surface area contributed by atoms with E-state index in [-0.39, 0.29) is 6.09 Å². The molecule has 164 valence electrons. The first-order valence-electron chi connectivity index (χ1n) is 10.3. The number of anilines is 1. The Morgan fingerprint density at radius 1 is 1.10 bits per heavy atom. The van der Waals surface area contributed by atoms with Gasteiger partial charge in [-0.15, -0.1) is 0 Å². The number of fused-ring (bicyclic) bond motifs is 1. The molecule has 0 bridgehead atoms. The molecule has 8 heteroatoms. The van der Waals surface area contributed by atoms with E-state index in [0.29, 0.717) is 13.1 Å². The zero-order valence-corrected chi connectivity index (χ0v) is 21.1. The number of nitrogens with zero attached hydrogens (tertiary/aromatic N) is 4. The molecule has 1 aliphatic rings. The van der Waals surface area contributed by atoms with Crippen LogP contribution < -0.4 is 4.90 Å². The topological polar surface area (TPSA) is 50.6 Å². The third-order valence-corrected chi connectivity index (χ3v) is 6.76. The second kappa shape index (κ2) is 8.50. The van der Waals surface area contributed by atoms with Crippen molar-refractivity contribution >= 4 is 57.0 Å². The summed E-state index contributed by atoms with van der Waals surface area (Å²) < 4.78 is 8.69. The third-order valence-electron chi connectivity index (χ3n) is 5.40. The minimum atomic E-state index is -0.469. The molecule has 0 spiro atoms. The van der Waals surface area contributed by atoms with Crippen LogP contribution in [0.5, 0.6) is 0 Å². The van der Waals surface area contributed by atoms with Crippen LogP contribution in [0.3, 0.4) is 0 Å². The van der Waals surface area contributed by atoms with Crippen LogP contribution in [0.4, 0.5) is 10.5 Å². The Kier molecular flexibility index (Phi) is 6.09. The van der Waals surface area contributed by atoms with E-state index in [2.05, 4.69) is 61.3 Å². The molecule has 3 heterocycles. The van der Waals surface area contributed by atoms with Crippen LogP contribution in [0.15, 0.2) is 36.5 Å². The largest absolute Gasteiger partial charge is 0.444 e. The van der Waals surface area contributed by atoms with Gasteiger partial charge in [-0.2, -0.15) is 0 Å². The number of aryl methyl sites for hydroxylation is 1. The van der Waals surface area contributed by atoms with Gasteiger partial charge in [0.25, 0.3) is 0 Å². The third kappa shape index (κ3) is 4.48. The van der Waals surface area contributed by atoms with Gasteiger partial charge in [0.1, 0.15) is 11.2 Å². The first-order chi connectivity index (χ1) is 14.7. The molecule has 31 heavy (non-hydrogen) atoms. The molecule has 0 N–H and O–H groups in total. The van der Waals surface area contributed by atoms with E-state index < -0.39 is 5.60 Å². The second-order valence-corrected chi connectivity index (χ2v) is 10.2. The van der Waals surface area contributed by atoms with Gasteiger partial charge in [-0.3, -0.25) is 0 Å². The van der Waals surface area contributed by atoms with Gasteiger partial charge in [-0.05, 0) is 67.1 Å². The lowest BCUT2D eigenvalue weighted by Crippen LogP contribution is -2.50. The Labute approximate surface area is 201 Å². The summed E-state index contributed by atoms with van der Waals surface area (Å²) in [5, 5.41) is 1.71. The molecule has 0 saturated carbocycles. The van der Waals surface area contributed by atoms with Gasteiger partial charge in [0.05, 0.1) is 16.1 Å². The number of hydrogen-bond donors (Lipinski definition) is 0. The molecule has 6 nitrogen and oxygen atoms in total. The average Bonchev–Trinajstić information content (AvgIpc) is 2.98. The van der Waals surface area contributed by atoms with Crippen molar-refractivity contribution in [2.45, 2.75) is 26.4 Å². The fourth-order valence-corrected chi connectivity index (χ4v) is 5.48. The number of rotatable bonds is 2. The maximum absolute atomic E-state index is 12.3. The predicted octanol–water partition coefficient (Wildman–Crippen LogP) is 5.56. The minimum absolute atomic E-state index is 0.236. The van der Waals surface area contributed by atoms with Crippen LogP contribution in [0.2, 0.25) is 5.02 Å². The van der Waals surface area contributed by atoms with Gasteiger partial charge in [0, 0.05) is 48.7 Å². The summed E-state index contributed by atoms with van der Waals surface area (Å²) in [5.41, 5.74) is 3.80. The molecule has 1 amide bonds. The van der Waals surface area contributed by atoms with Crippen LogP contribution in [0.25, 0.3) is 22.3 Å². The number of ether oxygens (including phenoxy) is 1. The highest BCUT2D eigenvalue weighted by atomic mass is 127. The molecule has 1 saturated heterocycles. The Hall–Kier alpha value is -2.00. The summed E-state index contributed by atoms with van der Waals surface area (Å²) >= 11 is 8.78. The fraction of sp³-hybridized carbons (Fsp3) is 0.391. The van der Waals surface area contributed by atoms with E-state index in [9.17, 15) is 4.79 Å². The monoisotopic (exact) mass is 552 g/mol. The van der Waals surface area contributed by atoms with E-state index >= 15 is 0 Å². The number of carbonyl (C=O) groups excluding carboxylic acids is 1. The van der Waals surface area contributed by atoms with E-state index in [1.165, 1.54) is 0 Å². The summed E-state index contributed by atoms with van der Waals surface area (Å²) in [5.74, 6) is 0. The van der Waals surface area contributed by atoms with Gasteiger partial charge in [0.2, 0.25) is 0 Å². The lowest BCUT2D eigenvalue weighted by atomic mass is 10.1. The van der Waals surface area contributed by atoms with Crippen LogP contribution in [-0.2, 0) is 11.8 Å². The highest BCUT2D eigenvalue weighted by Crippen LogP contribution is 2.37. The summed E-state index contributed by atoms with van der Waals surface area (Å²) in [7, 11) is 2.02. The van der Waals surface area contributed by atoms with Crippen molar-refractivity contribution in [1.29, 1.82) is 0 Å². The molecular weight excluding hydrogens is 527 g/mol. The molecule has 1 aromatic carbocycles. The van der Waals surface area contributed by atoms with Gasteiger partial charge in [-0.1, -0.05) is 23.7 Å². The summed E-state index contributed by atoms with van der Waals surface area (Å²) in [6.07, 6.45) is 1.50. The first kappa shape index (κ1) is 22.2. The zero-order valence-electron chi connectivity index (χ0n) is 18.2. The lowest BCUT2D eigenvalue weighted by Gasteiger charge is -2.36. The molecule has 4 rings (SSSR count). The Balaban J connectivity index is 1.50. The lowest BCUT2D eigenvalue weighted by molar-refractivity contribution is 0.0240. The molecular formula is C23H26ClIN4O2. The normalized spacial score (nSPS) is 14.9. The zero-order chi connectivity index (χ0) is 22.3. The molecule has 2 aromatic heterocycles. The van der Waals surface area contributed by atoms with Gasteiger partial charge < -0.3 is 19.1 Å². The molecule has 3 aromatic rings. The number of pyridine rings is 1. The number of benzene rings is 1. The van der Waals surface area contributed by atoms with Gasteiger partial charge in [-0.25, -0.2) is 9.78 Å². The number of hydrogen-bond acceptors (Lipinski definition) is 4. The van der Waals surface area contributed by atoms with Crippen molar-refractivity contribution in [3.63, 3.8) is 0 Å². The van der Waals surface area contributed by atoms with E-state index in [4.69, 9.17) is 16.3 Å². The summed E-state index contributed by atoms with van der Waals surface area (Å²) in [6.45, 7) is 8.55. The second-order valence-electron chi connectivity index (χ2n) is 8.71. The van der Waals surface area contributed by atoms with Crippen molar-refractivity contribution in [1.82, 2.24) is 14.5 Å². The smallest absolute Gasteiger partial charge is 0.410 e. The quantitative estimate of drug-likeness (QED) is 0.391. The highest BCUT2D eigenvalue weighted by molar-refractivity contribution is 14.1. The first-order valence-corrected chi connectivity index (χ1v) is 11.7. The van der Waals surface area contributed by atoms with Crippen molar-refractivity contribution in [3.05, 3.63) is 45.1 Å². The van der Waals surface area contributed by atoms with Crippen LogP contribution in [-0.4, -0.2) is 52.3 Å². The number of piperazine rings is 1. The summed E-state index contributed by atoms with van der Waals surface area (Å²) in [4.78, 5) is 20.9. The van der Waals surface area contributed by atoms with Crippen molar-refractivity contribution in [2.75, 3.05) is 31.1 Å². The standard InChI is InChI=1S/C23H26ClIN4O2/c1-23(2,3)31-22(30)29-13-11-28(12-14-29)16-7-5-15(6-8-16)20-19(25)18-17(24)9-10-26-21(18)27(20)4/h5-10H,11-14H2,1-4H3. The number of aromatic nitrogens is 2. The average molecular weight is 553 g/mol. The number of amides is 1. The molecule has 0 unspecified atom stereocenters. The summed E-state index contributed by atoms with van der Waals surface area (Å²) in [6, 6.07) is 10.4. The van der Waals surface area contributed by atoms with Crippen LogP contribution in [0, 0.1) is 3.57 Å². The number of halogens is 2. The van der Waals surface area contributed by atoms with E-state index in [0.717, 1.165) is 49.7 Å². The Morgan fingerprint density at radius 2 is 1.74 bits per heavy atom. The molecule has 1 fully saturated rings. The number of carbonyl (C=O) groups is 1. The molecule has 0 aliphatic carbocycles. The van der Waals surface area contributed by atoms with Crippen molar-refractivity contribution < 1.29 is 9.53 Å². The van der Waals surface area contributed by atoms with Gasteiger partial charge >= 0.3 is 6.09 Å². The molecule has 1 aliphatic heterocycles. The fourth-order valence-electron chi connectivity index (χ4n) is 3.88. The SMILES string of the molecule is Cn1c(-c2ccc(N3CCN(C(=O)OC(C)(C)C)CC3)cc2)c(I)c2c(Cl)ccnc21. The van der Waals surface area contributed by atoms with Gasteiger partial charge in [0.15, 0.2) is 0 Å². The van der Waals surface area contributed by atoms with E-state index in [1.54, 1.807) is 11.1 Å². The van der Waals surface area contributed by atoms with Crippen LogP contribution >= 0.6 is 34.2 Å². The maximum atomic E-state index is 12.3. The van der Waals surface area contributed by atoms with E-state index in [1.807, 2.05) is 33.9 Å². The van der Waals surface area contributed by atoms with Crippen molar-refractivity contribution in [2.24, 2.45) is 7.05 Å². The van der Waals surface area contributed by atoms with Crippen LogP contribution in [0.1, 0.15) is 20.8 Å². The highest BCUT2D eigenvalue weighted by Gasteiger charge is 2.26. The Morgan fingerprint density at radius 3 is 2.32 bits per heavy atom. The Bertz CT molecular complexity index is 1110. The maximum Gasteiger partial charge on any atom is 0.410 e. The molecule has 0 atom stereocenters. The predicted molar refractivity (Wildman–Crippen MR) is 134 cm³/mol. The molecule has 0 radical (unpaired) electrons. The minimum Gasteiger partial charge on any atom is -0.444 e.